The van der Waals surface area contributed by atoms with Gasteiger partial charge in [0.1, 0.15) is 0 Å². The number of rotatable bonds is 11. The van der Waals surface area contributed by atoms with Gasteiger partial charge in [0.15, 0.2) is 0 Å². The molecule has 0 saturated carbocycles. The minimum absolute atomic E-state index is 0.861. The SMILES string of the molecule is CC.CCCCCN1CCN(CCCCCOCC)CC1. The molecule has 0 aromatic carbocycles. The minimum atomic E-state index is 0.861. The second-order valence-electron chi connectivity index (χ2n) is 5.65. The van der Waals surface area contributed by atoms with Crippen LogP contribution in [0.5, 0.6) is 0 Å². The molecule has 128 valence electrons. The van der Waals surface area contributed by atoms with E-state index in [0.29, 0.717) is 0 Å². The van der Waals surface area contributed by atoms with Crippen LogP contribution in [0.25, 0.3) is 0 Å². The van der Waals surface area contributed by atoms with Crippen molar-refractivity contribution >= 4 is 0 Å². The van der Waals surface area contributed by atoms with E-state index in [1.54, 1.807) is 0 Å². The summed E-state index contributed by atoms with van der Waals surface area (Å²) in [5.41, 5.74) is 0. The van der Waals surface area contributed by atoms with Gasteiger partial charge in [-0.1, -0.05) is 33.6 Å². The fourth-order valence-corrected chi connectivity index (χ4v) is 2.68. The second kappa shape index (κ2) is 16.3. The van der Waals surface area contributed by atoms with E-state index in [2.05, 4.69) is 23.6 Å². The standard InChI is InChI=1S/C16H34N2O.C2H6/c1-3-5-7-10-17-12-14-18(15-13-17)11-8-6-9-16-19-4-2;1-2/h3-16H2,1-2H3;1-2H3. The first-order chi connectivity index (χ1) is 10.4. The van der Waals surface area contributed by atoms with Crippen LogP contribution in [0.2, 0.25) is 0 Å². The molecule has 0 aromatic rings. The highest BCUT2D eigenvalue weighted by molar-refractivity contribution is 4.71. The summed E-state index contributed by atoms with van der Waals surface area (Å²) in [4.78, 5) is 5.28. The lowest BCUT2D eigenvalue weighted by atomic mass is 10.2. The monoisotopic (exact) mass is 300 g/mol. The molecule has 0 aliphatic carbocycles. The van der Waals surface area contributed by atoms with Crippen LogP contribution in [0.1, 0.15) is 66.2 Å². The number of ether oxygens (including phenoxy) is 1. The van der Waals surface area contributed by atoms with Crippen LogP contribution in [0.15, 0.2) is 0 Å². The summed E-state index contributed by atoms with van der Waals surface area (Å²) in [7, 11) is 0. The van der Waals surface area contributed by atoms with Crippen LogP contribution in [0, 0.1) is 0 Å². The summed E-state index contributed by atoms with van der Waals surface area (Å²) in [6, 6.07) is 0. The van der Waals surface area contributed by atoms with Crippen molar-refractivity contribution in [2.24, 2.45) is 0 Å². The van der Waals surface area contributed by atoms with Crippen LogP contribution in [0.4, 0.5) is 0 Å². The highest BCUT2D eigenvalue weighted by atomic mass is 16.5. The number of nitrogens with zero attached hydrogens (tertiary/aromatic N) is 2. The van der Waals surface area contributed by atoms with Crippen molar-refractivity contribution in [3.63, 3.8) is 0 Å². The normalized spacial score (nSPS) is 16.6. The predicted molar refractivity (Wildman–Crippen MR) is 94.1 cm³/mol. The van der Waals surface area contributed by atoms with E-state index in [4.69, 9.17) is 4.74 Å². The second-order valence-corrected chi connectivity index (χ2v) is 5.65. The van der Waals surface area contributed by atoms with Crippen LogP contribution >= 0.6 is 0 Å². The van der Waals surface area contributed by atoms with Crippen LogP contribution < -0.4 is 0 Å². The molecule has 0 unspecified atom stereocenters. The van der Waals surface area contributed by atoms with Crippen molar-refractivity contribution in [1.29, 1.82) is 0 Å². The first-order valence-corrected chi connectivity index (χ1v) is 9.39. The molecule has 0 spiro atoms. The molecule has 1 fully saturated rings. The van der Waals surface area contributed by atoms with Crippen LogP contribution in [0.3, 0.4) is 0 Å². The van der Waals surface area contributed by atoms with Gasteiger partial charge in [0.05, 0.1) is 0 Å². The van der Waals surface area contributed by atoms with Crippen molar-refractivity contribution in [3.05, 3.63) is 0 Å². The van der Waals surface area contributed by atoms with E-state index in [-0.39, 0.29) is 0 Å². The molecule has 1 aliphatic heterocycles. The first kappa shape index (κ1) is 20.9. The summed E-state index contributed by atoms with van der Waals surface area (Å²) in [6.45, 7) is 17.9. The maximum Gasteiger partial charge on any atom is 0.0465 e. The molecular weight excluding hydrogens is 260 g/mol. The Labute approximate surface area is 134 Å². The maximum absolute atomic E-state index is 5.37. The van der Waals surface area contributed by atoms with Gasteiger partial charge in [-0.15, -0.1) is 0 Å². The number of hydrogen-bond acceptors (Lipinski definition) is 3. The molecule has 21 heavy (non-hydrogen) atoms. The molecule has 0 bridgehead atoms. The molecule has 3 nitrogen and oxygen atoms in total. The third-order valence-electron chi connectivity index (χ3n) is 4.01. The molecule has 3 heteroatoms. The van der Waals surface area contributed by atoms with Gasteiger partial charge >= 0.3 is 0 Å². The zero-order valence-electron chi connectivity index (χ0n) is 15.2. The first-order valence-electron chi connectivity index (χ1n) is 9.39. The Balaban J connectivity index is 0.00000191. The number of hydrogen-bond donors (Lipinski definition) is 0. The molecule has 1 rings (SSSR count). The van der Waals surface area contributed by atoms with E-state index in [9.17, 15) is 0 Å². The van der Waals surface area contributed by atoms with Crippen LogP contribution in [-0.4, -0.2) is 62.3 Å². The van der Waals surface area contributed by atoms with Crippen LogP contribution in [-0.2, 0) is 4.74 Å². The Kier molecular flexibility index (Phi) is 16.2. The predicted octanol–water partition coefficient (Wildman–Crippen LogP) is 4.03. The zero-order valence-corrected chi connectivity index (χ0v) is 15.2. The van der Waals surface area contributed by atoms with E-state index < -0.39 is 0 Å². The Morgan fingerprint density at radius 1 is 0.714 bits per heavy atom. The number of unbranched alkanes of at least 4 members (excludes halogenated alkanes) is 4. The average molecular weight is 301 g/mol. The highest BCUT2D eigenvalue weighted by Crippen LogP contribution is 2.06. The van der Waals surface area contributed by atoms with Gasteiger partial charge in [0.2, 0.25) is 0 Å². The van der Waals surface area contributed by atoms with Gasteiger partial charge in [-0.2, -0.15) is 0 Å². The minimum Gasteiger partial charge on any atom is -0.382 e. The summed E-state index contributed by atoms with van der Waals surface area (Å²) < 4.78 is 5.37. The summed E-state index contributed by atoms with van der Waals surface area (Å²) in [5, 5.41) is 0. The van der Waals surface area contributed by atoms with Gasteiger partial charge in [-0.05, 0) is 45.7 Å². The lowest BCUT2D eigenvalue weighted by molar-refractivity contribution is 0.124. The summed E-state index contributed by atoms with van der Waals surface area (Å²) in [6.07, 6.45) is 7.99. The smallest absolute Gasteiger partial charge is 0.0465 e. The number of piperazine rings is 1. The van der Waals surface area contributed by atoms with E-state index in [1.807, 2.05) is 13.8 Å². The molecule has 0 radical (unpaired) electrons. The van der Waals surface area contributed by atoms with Crippen molar-refractivity contribution in [1.82, 2.24) is 9.80 Å². The van der Waals surface area contributed by atoms with Crippen molar-refractivity contribution in [2.45, 2.75) is 66.2 Å². The average Bonchev–Trinajstić information content (AvgIpc) is 2.54. The van der Waals surface area contributed by atoms with Crippen molar-refractivity contribution < 1.29 is 4.74 Å². The molecule has 0 N–H and O–H groups in total. The fraction of sp³-hybridized carbons (Fsp3) is 1.00. The summed E-state index contributed by atoms with van der Waals surface area (Å²) >= 11 is 0. The molecular formula is C18H40N2O. The molecule has 1 aliphatic rings. The van der Waals surface area contributed by atoms with Gasteiger partial charge in [0.25, 0.3) is 0 Å². The fourth-order valence-electron chi connectivity index (χ4n) is 2.68. The van der Waals surface area contributed by atoms with Crippen molar-refractivity contribution in [2.75, 3.05) is 52.5 Å². The Hall–Kier alpha value is -0.120. The Morgan fingerprint density at radius 3 is 1.71 bits per heavy atom. The lowest BCUT2D eigenvalue weighted by Crippen LogP contribution is -2.46. The Morgan fingerprint density at radius 2 is 1.24 bits per heavy atom. The largest absolute Gasteiger partial charge is 0.382 e. The summed E-state index contributed by atoms with van der Waals surface area (Å²) in [5.74, 6) is 0. The molecule has 1 heterocycles. The lowest BCUT2D eigenvalue weighted by Gasteiger charge is -2.34. The van der Waals surface area contributed by atoms with Gasteiger partial charge in [-0.3, -0.25) is 0 Å². The third-order valence-corrected chi connectivity index (χ3v) is 4.01. The third kappa shape index (κ3) is 12.1. The molecule has 1 saturated heterocycles. The zero-order chi connectivity index (χ0) is 15.8. The van der Waals surface area contributed by atoms with Gasteiger partial charge in [-0.25, -0.2) is 0 Å². The molecule has 0 amide bonds. The quantitative estimate of drug-likeness (QED) is 0.536. The molecule has 0 atom stereocenters. The van der Waals surface area contributed by atoms with E-state index in [1.165, 1.54) is 77.8 Å². The van der Waals surface area contributed by atoms with Crippen molar-refractivity contribution in [3.8, 4) is 0 Å². The topological polar surface area (TPSA) is 15.7 Å². The van der Waals surface area contributed by atoms with Gasteiger partial charge < -0.3 is 14.5 Å². The Bertz CT molecular complexity index is 189. The highest BCUT2D eigenvalue weighted by Gasteiger charge is 2.15. The molecule has 0 aromatic heterocycles. The maximum atomic E-state index is 5.37. The van der Waals surface area contributed by atoms with E-state index in [0.717, 1.165) is 13.2 Å². The van der Waals surface area contributed by atoms with Gasteiger partial charge in [0, 0.05) is 39.4 Å². The van der Waals surface area contributed by atoms with E-state index >= 15 is 0 Å².